The first-order chi connectivity index (χ1) is 13.3. The molecule has 1 aromatic heterocycles. The number of benzene rings is 2. The molecule has 0 amide bonds. The molecule has 1 saturated heterocycles. The van der Waals surface area contributed by atoms with Crippen LogP contribution in [0.3, 0.4) is 0 Å². The van der Waals surface area contributed by atoms with Gasteiger partial charge in [-0.15, -0.1) is 0 Å². The quantitative estimate of drug-likeness (QED) is 0.548. The van der Waals surface area contributed by atoms with Crippen LogP contribution in [0.15, 0.2) is 48.7 Å². The Labute approximate surface area is 162 Å². The molecule has 2 heteroatoms. The third-order valence-electron chi connectivity index (χ3n) is 5.64. The average molecular weight is 357 g/mol. The van der Waals surface area contributed by atoms with Crippen molar-refractivity contribution in [2.45, 2.75) is 39.5 Å². The van der Waals surface area contributed by atoms with E-state index in [4.69, 9.17) is 4.98 Å². The summed E-state index contributed by atoms with van der Waals surface area (Å²) < 4.78 is 0. The third-order valence-corrected chi connectivity index (χ3v) is 5.64. The van der Waals surface area contributed by atoms with Gasteiger partial charge in [0.1, 0.15) is 0 Å². The smallest absolute Gasteiger partial charge is 0.0650 e. The third kappa shape index (κ3) is 3.75. The van der Waals surface area contributed by atoms with Crippen molar-refractivity contribution in [3.05, 3.63) is 71.0 Å². The molecule has 138 valence electrons. The number of aromatic nitrogens is 1. The van der Waals surface area contributed by atoms with Crippen LogP contribution in [0.25, 0.3) is 22.9 Å². The number of aryl methyl sites for hydroxylation is 2. The van der Waals surface area contributed by atoms with Crippen molar-refractivity contribution >= 4 is 28.6 Å². The normalized spacial score (nSPS) is 15.0. The van der Waals surface area contributed by atoms with E-state index in [1.807, 2.05) is 0 Å². The molecular formula is C25H28N2. The molecule has 2 heterocycles. The van der Waals surface area contributed by atoms with Crippen molar-refractivity contribution in [1.29, 1.82) is 0 Å². The van der Waals surface area contributed by atoms with Gasteiger partial charge in [0.05, 0.1) is 5.69 Å². The minimum atomic E-state index is 1.03. The Morgan fingerprint density at radius 3 is 2.56 bits per heavy atom. The first-order valence-electron chi connectivity index (χ1n) is 10.2. The second kappa shape index (κ2) is 7.96. The average Bonchev–Trinajstić information content (AvgIpc) is 2.73. The predicted molar refractivity (Wildman–Crippen MR) is 117 cm³/mol. The van der Waals surface area contributed by atoms with Crippen molar-refractivity contribution in [2.75, 3.05) is 18.0 Å². The molecule has 27 heavy (non-hydrogen) atoms. The minimum absolute atomic E-state index is 1.03. The lowest BCUT2D eigenvalue weighted by Crippen LogP contribution is -2.30. The van der Waals surface area contributed by atoms with Gasteiger partial charge in [0.15, 0.2) is 0 Å². The summed E-state index contributed by atoms with van der Waals surface area (Å²) in [7, 11) is 0. The van der Waals surface area contributed by atoms with E-state index in [1.54, 1.807) is 0 Å². The maximum atomic E-state index is 4.71. The Balaban J connectivity index is 1.69. The number of piperidine rings is 1. The van der Waals surface area contributed by atoms with Crippen molar-refractivity contribution in [1.82, 2.24) is 4.98 Å². The lowest BCUT2D eigenvalue weighted by atomic mass is 9.99. The molecule has 3 aromatic rings. The zero-order chi connectivity index (χ0) is 18.6. The zero-order valence-corrected chi connectivity index (χ0v) is 16.4. The number of hydrogen-bond acceptors (Lipinski definition) is 2. The van der Waals surface area contributed by atoms with E-state index in [0.29, 0.717) is 0 Å². The van der Waals surface area contributed by atoms with Crippen molar-refractivity contribution < 1.29 is 0 Å². The Kier molecular flexibility index (Phi) is 5.24. The molecule has 0 N–H and O–H groups in total. The predicted octanol–water partition coefficient (Wildman–Crippen LogP) is 6.27. The Bertz CT molecular complexity index is 960. The second-order valence-corrected chi connectivity index (χ2v) is 7.49. The lowest BCUT2D eigenvalue weighted by Gasteiger charge is -2.30. The lowest BCUT2D eigenvalue weighted by molar-refractivity contribution is 0.576. The van der Waals surface area contributed by atoms with Crippen LogP contribution >= 0.6 is 0 Å². The highest BCUT2D eigenvalue weighted by Crippen LogP contribution is 2.27. The van der Waals surface area contributed by atoms with Crippen molar-refractivity contribution in [2.24, 2.45) is 0 Å². The van der Waals surface area contributed by atoms with Crippen LogP contribution in [0.2, 0.25) is 0 Å². The van der Waals surface area contributed by atoms with Crippen LogP contribution in [-0.2, 0) is 6.42 Å². The van der Waals surface area contributed by atoms with Crippen LogP contribution in [0.1, 0.15) is 48.6 Å². The minimum Gasteiger partial charge on any atom is -0.371 e. The SMILES string of the molecule is CCc1cnc(/C=C\c2cccc3cccc(C)c23)cc1N1CCCCC1. The summed E-state index contributed by atoms with van der Waals surface area (Å²) in [4.78, 5) is 7.25. The molecule has 0 unspecified atom stereocenters. The van der Waals surface area contributed by atoms with Gasteiger partial charge >= 0.3 is 0 Å². The molecule has 0 saturated carbocycles. The van der Waals surface area contributed by atoms with Gasteiger partial charge in [0, 0.05) is 25.0 Å². The number of nitrogens with zero attached hydrogens (tertiary/aromatic N) is 2. The summed E-state index contributed by atoms with van der Waals surface area (Å²) in [5, 5.41) is 2.62. The largest absolute Gasteiger partial charge is 0.371 e. The van der Waals surface area contributed by atoms with Crippen LogP contribution in [0.4, 0.5) is 5.69 Å². The van der Waals surface area contributed by atoms with E-state index in [1.165, 1.54) is 65.5 Å². The molecule has 0 spiro atoms. The fourth-order valence-electron chi connectivity index (χ4n) is 4.16. The van der Waals surface area contributed by atoms with E-state index in [9.17, 15) is 0 Å². The van der Waals surface area contributed by atoms with E-state index in [2.05, 4.69) is 79.6 Å². The van der Waals surface area contributed by atoms with Crippen LogP contribution in [0, 0.1) is 6.92 Å². The van der Waals surface area contributed by atoms with Gasteiger partial charge in [-0.05, 0) is 72.2 Å². The summed E-state index contributed by atoms with van der Waals surface area (Å²) in [6.45, 7) is 6.74. The molecule has 1 aliphatic rings. The molecule has 0 bridgehead atoms. The van der Waals surface area contributed by atoms with Crippen LogP contribution in [0.5, 0.6) is 0 Å². The topological polar surface area (TPSA) is 16.1 Å². The monoisotopic (exact) mass is 356 g/mol. The highest BCUT2D eigenvalue weighted by molar-refractivity contribution is 5.95. The highest BCUT2D eigenvalue weighted by Gasteiger charge is 2.14. The summed E-state index contributed by atoms with van der Waals surface area (Å²) in [6, 6.07) is 15.3. The van der Waals surface area contributed by atoms with Gasteiger partial charge in [-0.1, -0.05) is 49.4 Å². The number of anilines is 1. The number of pyridine rings is 1. The molecular weight excluding hydrogens is 328 g/mol. The summed E-state index contributed by atoms with van der Waals surface area (Å²) in [6.07, 6.45) is 11.4. The number of fused-ring (bicyclic) bond motifs is 1. The standard InChI is InChI=1S/C25H28N2/c1-3-20-18-26-23(17-24(20)27-15-5-4-6-16-27)14-13-22-12-8-11-21-10-7-9-19(2)25(21)22/h7-14,17-18H,3-6,15-16H2,1-2H3/b14-13-. The van der Waals surface area contributed by atoms with E-state index >= 15 is 0 Å². The number of rotatable bonds is 4. The summed E-state index contributed by atoms with van der Waals surface area (Å²) in [5.74, 6) is 0. The first-order valence-corrected chi connectivity index (χ1v) is 10.2. The molecule has 2 aromatic carbocycles. The molecule has 0 atom stereocenters. The van der Waals surface area contributed by atoms with Gasteiger partial charge in [0.25, 0.3) is 0 Å². The second-order valence-electron chi connectivity index (χ2n) is 7.49. The summed E-state index contributed by atoms with van der Waals surface area (Å²) in [5.41, 5.74) is 6.34. The Hall–Kier alpha value is -2.61. The fourth-order valence-corrected chi connectivity index (χ4v) is 4.16. The van der Waals surface area contributed by atoms with Crippen LogP contribution in [-0.4, -0.2) is 18.1 Å². The molecule has 0 radical (unpaired) electrons. The van der Waals surface area contributed by atoms with Gasteiger partial charge < -0.3 is 4.90 Å². The highest BCUT2D eigenvalue weighted by atomic mass is 15.1. The van der Waals surface area contributed by atoms with E-state index < -0.39 is 0 Å². The van der Waals surface area contributed by atoms with Crippen LogP contribution < -0.4 is 4.90 Å². The fraction of sp³-hybridized carbons (Fsp3) is 0.320. The van der Waals surface area contributed by atoms with Gasteiger partial charge in [0.2, 0.25) is 0 Å². The Morgan fingerprint density at radius 1 is 1.00 bits per heavy atom. The van der Waals surface area contributed by atoms with E-state index in [-0.39, 0.29) is 0 Å². The maximum absolute atomic E-state index is 4.71. The summed E-state index contributed by atoms with van der Waals surface area (Å²) >= 11 is 0. The maximum Gasteiger partial charge on any atom is 0.0650 e. The molecule has 1 fully saturated rings. The van der Waals surface area contributed by atoms with Gasteiger partial charge in [-0.25, -0.2) is 0 Å². The van der Waals surface area contributed by atoms with Gasteiger partial charge in [-0.3, -0.25) is 4.98 Å². The first kappa shape index (κ1) is 17.8. The zero-order valence-electron chi connectivity index (χ0n) is 16.4. The van der Waals surface area contributed by atoms with Crippen molar-refractivity contribution in [3.8, 4) is 0 Å². The van der Waals surface area contributed by atoms with Crippen molar-refractivity contribution in [3.63, 3.8) is 0 Å². The van der Waals surface area contributed by atoms with Gasteiger partial charge in [-0.2, -0.15) is 0 Å². The molecule has 1 aliphatic heterocycles. The molecule has 2 nitrogen and oxygen atoms in total. The Morgan fingerprint density at radius 2 is 1.78 bits per heavy atom. The number of hydrogen-bond donors (Lipinski definition) is 0. The molecule has 0 aliphatic carbocycles. The molecule has 4 rings (SSSR count). The van der Waals surface area contributed by atoms with E-state index in [0.717, 1.165) is 12.1 Å².